The molecule has 0 unspecified atom stereocenters. The predicted molar refractivity (Wildman–Crippen MR) is 119 cm³/mol. The predicted octanol–water partition coefficient (Wildman–Crippen LogP) is 3.64. The Morgan fingerprint density at radius 2 is 2.00 bits per heavy atom. The molecule has 0 bridgehead atoms. The van der Waals surface area contributed by atoms with Crippen molar-refractivity contribution in [2.45, 2.75) is 64.5 Å². The van der Waals surface area contributed by atoms with Crippen molar-refractivity contribution in [1.82, 2.24) is 0 Å². The second-order valence-corrected chi connectivity index (χ2v) is 9.65. The largest absolute Gasteiger partial charge is 0.504 e. The number of carbonyl (C=O) groups excluding carboxylic acids is 1. The Kier molecular flexibility index (Phi) is 4.81. The minimum absolute atomic E-state index is 0.0775. The summed E-state index contributed by atoms with van der Waals surface area (Å²) in [6.45, 7) is 8.08. The highest BCUT2D eigenvalue weighted by Crippen LogP contribution is 2.49. The molecule has 4 rings (SSSR count). The van der Waals surface area contributed by atoms with E-state index in [1.54, 1.807) is 12.1 Å². The minimum Gasteiger partial charge on any atom is -0.504 e. The Morgan fingerprint density at radius 3 is 2.68 bits per heavy atom. The van der Waals surface area contributed by atoms with Gasteiger partial charge in [0.1, 0.15) is 5.60 Å². The molecule has 0 fully saturated rings. The average Bonchev–Trinajstić information content (AvgIpc) is 2.99. The summed E-state index contributed by atoms with van der Waals surface area (Å²) in [5, 5.41) is 20.4. The maximum Gasteiger partial charge on any atom is 0.248 e. The molecule has 3 N–H and O–H groups in total. The van der Waals surface area contributed by atoms with Crippen molar-refractivity contribution >= 4 is 11.6 Å². The summed E-state index contributed by atoms with van der Waals surface area (Å²) in [5.41, 5.74) is 10.4. The molecule has 2 aliphatic heterocycles. The van der Waals surface area contributed by atoms with Gasteiger partial charge < -0.3 is 15.6 Å². The quantitative estimate of drug-likeness (QED) is 0.791. The van der Waals surface area contributed by atoms with Gasteiger partial charge in [-0.05, 0) is 57.4 Å². The number of amides is 1. The number of aromatic hydroxyl groups is 1. The van der Waals surface area contributed by atoms with Crippen molar-refractivity contribution in [3.05, 3.63) is 57.6 Å². The van der Waals surface area contributed by atoms with Gasteiger partial charge >= 0.3 is 0 Å². The van der Waals surface area contributed by atoms with Crippen LogP contribution in [-0.2, 0) is 25.7 Å². The molecule has 2 heterocycles. The summed E-state index contributed by atoms with van der Waals surface area (Å²) in [7, 11) is 0. The monoisotopic (exact) mass is 417 g/mol. The molecular formula is C25H27N3O3. The van der Waals surface area contributed by atoms with Crippen molar-refractivity contribution in [2.24, 2.45) is 10.7 Å². The number of rotatable bonds is 4. The average molecular weight is 418 g/mol. The van der Waals surface area contributed by atoms with Crippen LogP contribution in [0.2, 0.25) is 0 Å². The number of fused-ring (bicyclic) bond motifs is 3. The molecule has 2 aromatic carbocycles. The molecule has 1 amide bonds. The van der Waals surface area contributed by atoms with E-state index >= 15 is 0 Å². The van der Waals surface area contributed by atoms with Crippen molar-refractivity contribution in [3.63, 3.8) is 0 Å². The zero-order valence-electron chi connectivity index (χ0n) is 18.4. The number of nitriles is 1. The third kappa shape index (κ3) is 3.76. The number of nitrogens with zero attached hydrogens (tertiary/aromatic N) is 2. The Bertz CT molecular complexity index is 1170. The maximum atomic E-state index is 11.6. The lowest BCUT2D eigenvalue weighted by atomic mass is 9.78. The second kappa shape index (κ2) is 7.12. The molecule has 6 nitrogen and oxygen atoms in total. The second-order valence-electron chi connectivity index (χ2n) is 9.65. The molecule has 0 aliphatic carbocycles. The Labute approximate surface area is 182 Å². The van der Waals surface area contributed by atoms with Gasteiger partial charge in [-0.1, -0.05) is 12.1 Å². The van der Waals surface area contributed by atoms with Gasteiger partial charge in [0, 0.05) is 40.8 Å². The molecule has 0 aromatic heterocycles. The van der Waals surface area contributed by atoms with Gasteiger partial charge in [0.05, 0.1) is 18.0 Å². The standard InChI is InChI=1S/C25H27N3O3/c1-24(2)12-17-16(8-9-26)21(29)22-18(13-25(3,4)31-22)20(17)19(28-24)11-14-6-5-7-15(10-14)23(27)30/h5-7,10,29H,8,11-13H2,1-4H3,(H2,27,30). The molecular weight excluding hydrogens is 390 g/mol. The van der Waals surface area contributed by atoms with Crippen molar-refractivity contribution < 1.29 is 14.6 Å². The molecule has 2 aliphatic rings. The molecule has 0 radical (unpaired) electrons. The van der Waals surface area contributed by atoms with E-state index in [2.05, 4.69) is 19.9 Å². The number of phenolic OH excluding ortho intramolecular Hbond substituents is 1. The van der Waals surface area contributed by atoms with Crippen molar-refractivity contribution in [3.8, 4) is 17.6 Å². The molecule has 0 saturated carbocycles. The first-order chi connectivity index (χ1) is 14.5. The van der Waals surface area contributed by atoms with E-state index in [1.807, 2.05) is 26.0 Å². The van der Waals surface area contributed by atoms with E-state index in [1.165, 1.54) is 0 Å². The van der Waals surface area contributed by atoms with Crippen LogP contribution in [0.1, 0.15) is 65.9 Å². The molecule has 2 aromatic rings. The number of hydrogen-bond acceptors (Lipinski definition) is 5. The highest BCUT2D eigenvalue weighted by molar-refractivity contribution is 6.07. The van der Waals surface area contributed by atoms with Crippen LogP contribution in [0.4, 0.5) is 0 Å². The van der Waals surface area contributed by atoms with Crippen molar-refractivity contribution in [2.75, 3.05) is 0 Å². The summed E-state index contributed by atoms with van der Waals surface area (Å²) in [4.78, 5) is 16.7. The number of aliphatic imine (C=N–C) groups is 1. The lowest BCUT2D eigenvalue weighted by molar-refractivity contribution is 0.1000. The van der Waals surface area contributed by atoms with E-state index in [-0.39, 0.29) is 17.7 Å². The Balaban J connectivity index is 1.92. The lowest BCUT2D eigenvalue weighted by Crippen LogP contribution is -2.32. The van der Waals surface area contributed by atoms with Crippen molar-refractivity contribution in [1.29, 1.82) is 5.26 Å². The maximum absolute atomic E-state index is 11.6. The number of phenols is 1. The van der Waals surface area contributed by atoms with Gasteiger partial charge in [0.25, 0.3) is 0 Å². The van der Waals surface area contributed by atoms with Crippen LogP contribution >= 0.6 is 0 Å². The van der Waals surface area contributed by atoms with E-state index in [0.29, 0.717) is 36.1 Å². The van der Waals surface area contributed by atoms with Gasteiger partial charge in [-0.25, -0.2) is 0 Å². The number of benzene rings is 2. The van der Waals surface area contributed by atoms with Crippen LogP contribution in [-0.4, -0.2) is 27.9 Å². The minimum atomic E-state index is -0.467. The fourth-order valence-corrected chi connectivity index (χ4v) is 4.75. The van der Waals surface area contributed by atoms with E-state index in [0.717, 1.165) is 28.0 Å². The molecule has 31 heavy (non-hydrogen) atoms. The fourth-order valence-electron chi connectivity index (χ4n) is 4.75. The summed E-state index contributed by atoms with van der Waals surface area (Å²) in [5.74, 6) is 0.0753. The third-order valence-electron chi connectivity index (χ3n) is 5.90. The summed E-state index contributed by atoms with van der Waals surface area (Å²) >= 11 is 0. The molecule has 0 spiro atoms. The van der Waals surface area contributed by atoms with Crippen LogP contribution in [0.5, 0.6) is 11.5 Å². The summed E-state index contributed by atoms with van der Waals surface area (Å²) < 4.78 is 6.10. The first kappa shape index (κ1) is 20.9. The highest BCUT2D eigenvalue weighted by atomic mass is 16.5. The normalized spacial score (nSPS) is 17.7. The van der Waals surface area contributed by atoms with Crippen LogP contribution in [0.15, 0.2) is 29.3 Å². The van der Waals surface area contributed by atoms with Gasteiger partial charge in [0.2, 0.25) is 5.91 Å². The first-order valence-corrected chi connectivity index (χ1v) is 10.4. The van der Waals surface area contributed by atoms with Gasteiger partial charge in [0.15, 0.2) is 11.5 Å². The number of nitrogens with two attached hydrogens (primary N) is 1. The van der Waals surface area contributed by atoms with Crippen LogP contribution in [0.25, 0.3) is 0 Å². The highest BCUT2D eigenvalue weighted by Gasteiger charge is 2.41. The lowest BCUT2D eigenvalue weighted by Gasteiger charge is -2.32. The zero-order chi connectivity index (χ0) is 22.6. The molecule has 160 valence electrons. The fraction of sp³-hybridized carbons (Fsp3) is 0.400. The van der Waals surface area contributed by atoms with Gasteiger partial charge in [-0.15, -0.1) is 0 Å². The van der Waals surface area contributed by atoms with Crippen LogP contribution in [0.3, 0.4) is 0 Å². The topological polar surface area (TPSA) is 109 Å². The number of carbonyl (C=O) groups is 1. The van der Waals surface area contributed by atoms with E-state index in [9.17, 15) is 15.2 Å². The summed E-state index contributed by atoms with van der Waals surface area (Å²) in [6, 6.07) is 9.46. The summed E-state index contributed by atoms with van der Waals surface area (Å²) in [6.07, 6.45) is 1.89. The number of ether oxygens (including phenoxy) is 1. The SMILES string of the molecule is CC1(C)Cc2c(CC#N)c(O)c3c(c2C(Cc2cccc(C(N)=O)c2)=N1)CC(C)(C)O3. The molecule has 6 heteroatoms. The first-order valence-electron chi connectivity index (χ1n) is 10.4. The smallest absolute Gasteiger partial charge is 0.248 e. The van der Waals surface area contributed by atoms with Crippen LogP contribution in [0, 0.1) is 11.3 Å². The number of primary amides is 1. The molecule has 0 saturated heterocycles. The van der Waals surface area contributed by atoms with E-state index < -0.39 is 11.5 Å². The van der Waals surface area contributed by atoms with Gasteiger partial charge in [-0.3, -0.25) is 9.79 Å². The molecule has 0 atom stereocenters. The third-order valence-corrected chi connectivity index (χ3v) is 5.90. The Morgan fingerprint density at radius 1 is 1.26 bits per heavy atom. The van der Waals surface area contributed by atoms with Crippen LogP contribution < -0.4 is 10.5 Å². The van der Waals surface area contributed by atoms with Gasteiger partial charge in [-0.2, -0.15) is 5.26 Å². The Hall–Kier alpha value is -3.33. The van der Waals surface area contributed by atoms with E-state index in [4.69, 9.17) is 15.5 Å². The zero-order valence-corrected chi connectivity index (χ0v) is 18.4. The number of hydrogen-bond donors (Lipinski definition) is 2.